The number of para-hydroxylation sites is 1. The Morgan fingerprint density at radius 1 is 1.13 bits per heavy atom. The van der Waals surface area contributed by atoms with E-state index in [4.69, 9.17) is 4.74 Å². The molecule has 2 aromatic carbocycles. The number of aryl methyl sites for hydroxylation is 1. The maximum absolute atomic E-state index is 12.3. The topological polar surface area (TPSA) is 97.0 Å². The first-order valence-electron chi connectivity index (χ1n) is 9.61. The van der Waals surface area contributed by atoms with Crippen molar-refractivity contribution in [1.29, 1.82) is 0 Å². The fraction of sp³-hybridized carbons (Fsp3) is 0.182. The number of carbonyl (C=O) groups excluding carboxylic acids is 2. The second-order valence-electron chi connectivity index (χ2n) is 6.76. The number of methoxy groups -OCH3 is 1. The number of rotatable bonds is 8. The number of aromatic amines is 1. The van der Waals surface area contributed by atoms with E-state index in [1.807, 2.05) is 36.5 Å². The van der Waals surface area contributed by atoms with Gasteiger partial charge in [-0.05, 0) is 35.7 Å². The van der Waals surface area contributed by atoms with Gasteiger partial charge in [0, 0.05) is 29.3 Å². The fourth-order valence-electron chi connectivity index (χ4n) is 3.09. The molecule has 0 saturated carbocycles. The number of fused-ring (bicyclic) bond motifs is 1. The van der Waals surface area contributed by atoms with Crippen molar-refractivity contribution in [3.8, 4) is 0 Å². The van der Waals surface area contributed by atoms with Gasteiger partial charge in [-0.3, -0.25) is 4.79 Å². The summed E-state index contributed by atoms with van der Waals surface area (Å²) in [4.78, 5) is 27.0. The molecule has 158 valence electrons. The number of hydrogen-bond donors (Lipinski definition) is 2. The standard InChI is InChI=1S/C22H20N4O3S2/c1-29-20(28)15-8-6-14(7-9-15)13-30-22-26-25-21(31-22)24-19(27)11-10-16-12-23-18-5-3-2-4-17(16)18/h2-9,12,23H,10-11,13H2,1H3,(H,24,25,27). The number of esters is 1. The van der Waals surface area contributed by atoms with E-state index >= 15 is 0 Å². The molecule has 4 rings (SSSR count). The Bertz CT molecular complexity index is 1200. The molecule has 0 bridgehead atoms. The van der Waals surface area contributed by atoms with Crippen LogP contribution in [0.2, 0.25) is 0 Å². The third-order valence-corrected chi connectivity index (χ3v) is 6.73. The van der Waals surface area contributed by atoms with Gasteiger partial charge in [0.05, 0.1) is 12.7 Å². The second kappa shape index (κ2) is 9.76. The summed E-state index contributed by atoms with van der Waals surface area (Å²) < 4.78 is 5.47. The molecule has 2 heterocycles. The zero-order chi connectivity index (χ0) is 21.6. The van der Waals surface area contributed by atoms with Crippen LogP contribution in [0.25, 0.3) is 10.9 Å². The summed E-state index contributed by atoms with van der Waals surface area (Å²) in [5.41, 5.74) is 3.77. The van der Waals surface area contributed by atoms with E-state index in [0.717, 1.165) is 26.4 Å². The van der Waals surface area contributed by atoms with Gasteiger partial charge in [0.15, 0.2) is 4.34 Å². The number of benzene rings is 2. The number of hydrogen-bond acceptors (Lipinski definition) is 7. The first-order chi connectivity index (χ1) is 15.1. The minimum absolute atomic E-state index is 0.0867. The number of carbonyl (C=O) groups is 2. The van der Waals surface area contributed by atoms with Crippen LogP contribution in [0, 0.1) is 0 Å². The van der Waals surface area contributed by atoms with Crippen LogP contribution in [0.1, 0.15) is 27.9 Å². The van der Waals surface area contributed by atoms with E-state index < -0.39 is 0 Å². The molecule has 0 saturated heterocycles. The molecule has 4 aromatic rings. The Balaban J connectivity index is 1.26. The third kappa shape index (κ3) is 5.31. The molecule has 7 nitrogen and oxygen atoms in total. The van der Waals surface area contributed by atoms with Gasteiger partial charge in [-0.25, -0.2) is 4.79 Å². The fourth-order valence-corrected chi connectivity index (χ4v) is 4.81. The van der Waals surface area contributed by atoms with Gasteiger partial charge in [-0.15, -0.1) is 10.2 Å². The number of amides is 1. The zero-order valence-corrected chi connectivity index (χ0v) is 18.4. The molecule has 0 aliphatic rings. The lowest BCUT2D eigenvalue weighted by Gasteiger charge is -2.02. The zero-order valence-electron chi connectivity index (χ0n) is 16.8. The van der Waals surface area contributed by atoms with Crippen LogP contribution in [-0.4, -0.2) is 34.2 Å². The van der Waals surface area contributed by atoms with Gasteiger partial charge >= 0.3 is 5.97 Å². The summed E-state index contributed by atoms with van der Waals surface area (Å²) in [7, 11) is 1.36. The Hall–Kier alpha value is -3.17. The molecule has 0 spiro atoms. The Morgan fingerprint density at radius 3 is 2.74 bits per heavy atom. The highest BCUT2D eigenvalue weighted by Crippen LogP contribution is 2.28. The lowest BCUT2D eigenvalue weighted by Crippen LogP contribution is -2.12. The SMILES string of the molecule is COC(=O)c1ccc(CSc2nnc(NC(=O)CCc3c[nH]c4ccccc34)s2)cc1. The van der Waals surface area contributed by atoms with Crippen molar-refractivity contribution >= 4 is 51.0 Å². The Labute approximate surface area is 187 Å². The largest absolute Gasteiger partial charge is 0.465 e. The first-order valence-corrected chi connectivity index (χ1v) is 11.4. The van der Waals surface area contributed by atoms with Gasteiger partial charge in [-0.1, -0.05) is 53.4 Å². The minimum Gasteiger partial charge on any atom is -0.465 e. The molecular weight excluding hydrogens is 432 g/mol. The van der Waals surface area contributed by atoms with Gasteiger partial charge in [0.1, 0.15) is 0 Å². The van der Waals surface area contributed by atoms with Gasteiger partial charge in [0.25, 0.3) is 0 Å². The molecule has 2 N–H and O–H groups in total. The quantitative estimate of drug-likeness (QED) is 0.229. The molecule has 31 heavy (non-hydrogen) atoms. The van der Waals surface area contributed by atoms with Crippen molar-refractivity contribution < 1.29 is 14.3 Å². The highest BCUT2D eigenvalue weighted by atomic mass is 32.2. The van der Waals surface area contributed by atoms with Crippen LogP contribution in [0.15, 0.2) is 59.1 Å². The van der Waals surface area contributed by atoms with Crippen LogP contribution in [0.4, 0.5) is 5.13 Å². The Kier molecular flexibility index (Phi) is 6.63. The minimum atomic E-state index is -0.353. The van der Waals surface area contributed by atoms with Crippen LogP contribution < -0.4 is 5.32 Å². The highest BCUT2D eigenvalue weighted by molar-refractivity contribution is 8.00. The van der Waals surface area contributed by atoms with E-state index in [1.54, 1.807) is 12.1 Å². The summed E-state index contributed by atoms with van der Waals surface area (Å²) in [5, 5.41) is 12.7. The maximum atomic E-state index is 12.3. The van der Waals surface area contributed by atoms with Crippen molar-refractivity contribution in [3.05, 3.63) is 71.4 Å². The molecule has 0 aliphatic carbocycles. The van der Waals surface area contributed by atoms with Crippen molar-refractivity contribution in [3.63, 3.8) is 0 Å². The molecule has 2 aromatic heterocycles. The van der Waals surface area contributed by atoms with Crippen molar-refractivity contribution in [1.82, 2.24) is 15.2 Å². The normalized spacial score (nSPS) is 10.9. The van der Waals surface area contributed by atoms with Crippen LogP contribution in [-0.2, 0) is 21.7 Å². The van der Waals surface area contributed by atoms with Crippen LogP contribution in [0.3, 0.4) is 0 Å². The maximum Gasteiger partial charge on any atom is 0.337 e. The number of nitrogens with zero attached hydrogens (tertiary/aromatic N) is 2. The summed E-state index contributed by atoms with van der Waals surface area (Å²) in [6.45, 7) is 0. The van der Waals surface area contributed by atoms with Crippen molar-refractivity contribution in [2.24, 2.45) is 0 Å². The number of aromatic nitrogens is 3. The van der Waals surface area contributed by atoms with Gasteiger partial charge < -0.3 is 15.0 Å². The smallest absolute Gasteiger partial charge is 0.337 e. The predicted octanol–water partition coefficient (Wildman–Crippen LogP) is 4.67. The average Bonchev–Trinajstić information content (AvgIpc) is 3.43. The summed E-state index contributed by atoms with van der Waals surface area (Å²) in [6.07, 6.45) is 2.98. The third-order valence-electron chi connectivity index (χ3n) is 4.69. The number of H-pyrrole nitrogens is 1. The number of ether oxygens (including phenoxy) is 1. The van der Waals surface area contributed by atoms with Crippen LogP contribution in [0.5, 0.6) is 0 Å². The molecular formula is C22H20N4O3S2. The summed E-state index contributed by atoms with van der Waals surface area (Å²) in [6, 6.07) is 15.3. The van der Waals surface area contributed by atoms with Crippen molar-refractivity contribution in [2.45, 2.75) is 22.9 Å². The molecule has 0 fully saturated rings. The van der Waals surface area contributed by atoms with Crippen molar-refractivity contribution in [2.75, 3.05) is 12.4 Å². The lowest BCUT2D eigenvalue weighted by atomic mass is 10.1. The molecule has 0 radical (unpaired) electrons. The summed E-state index contributed by atoms with van der Waals surface area (Å²) in [5.74, 6) is 0.245. The first kappa shape index (κ1) is 21.1. The second-order valence-corrected chi connectivity index (χ2v) is 8.96. The number of anilines is 1. The van der Waals surface area contributed by atoms with Gasteiger partial charge in [0.2, 0.25) is 11.0 Å². The number of nitrogens with one attached hydrogen (secondary N) is 2. The van der Waals surface area contributed by atoms with E-state index in [1.165, 1.54) is 30.2 Å². The average molecular weight is 453 g/mol. The van der Waals surface area contributed by atoms with Crippen LogP contribution >= 0.6 is 23.1 Å². The molecule has 0 aliphatic heterocycles. The lowest BCUT2D eigenvalue weighted by molar-refractivity contribution is -0.116. The van der Waals surface area contributed by atoms with E-state index in [-0.39, 0.29) is 11.9 Å². The van der Waals surface area contributed by atoms with E-state index in [2.05, 4.69) is 26.6 Å². The molecule has 1 amide bonds. The number of thioether (sulfide) groups is 1. The monoisotopic (exact) mass is 452 g/mol. The Morgan fingerprint density at radius 2 is 1.94 bits per heavy atom. The van der Waals surface area contributed by atoms with E-state index in [9.17, 15) is 9.59 Å². The van der Waals surface area contributed by atoms with E-state index in [0.29, 0.717) is 29.3 Å². The predicted molar refractivity (Wildman–Crippen MR) is 123 cm³/mol. The summed E-state index contributed by atoms with van der Waals surface area (Å²) >= 11 is 2.87. The molecule has 0 atom stereocenters. The highest BCUT2D eigenvalue weighted by Gasteiger charge is 2.11. The molecule has 9 heteroatoms. The molecule has 0 unspecified atom stereocenters. The van der Waals surface area contributed by atoms with Gasteiger partial charge in [-0.2, -0.15) is 0 Å².